The van der Waals surface area contributed by atoms with Gasteiger partial charge in [-0.1, -0.05) is 47.5 Å². The molecule has 1 fully saturated rings. The number of carbonyl (C=O) groups is 2. The number of piperidine rings is 1. The topological polar surface area (TPSA) is 61.4 Å². The van der Waals surface area contributed by atoms with Crippen molar-refractivity contribution in [3.63, 3.8) is 0 Å². The lowest BCUT2D eigenvalue weighted by Gasteiger charge is -2.32. The van der Waals surface area contributed by atoms with Gasteiger partial charge in [0, 0.05) is 31.7 Å². The van der Waals surface area contributed by atoms with E-state index in [0.717, 1.165) is 37.1 Å². The van der Waals surface area contributed by atoms with Crippen molar-refractivity contribution in [2.45, 2.75) is 46.1 Å². The smallest absolute Gasteiger partial charge is 0.321 e. The molecule has 0 bridgehead atoms. The van der Waals surface area contributed by atoms with Gasteiger partial charge < -0.3 is 15.5 Å². The molecular formula is C24H31N3O2. The van der Waals surface area contributed by atoms with E-state index in [1.165, 1.54) is 11.1 Å². The molecule has 1 heterocycles. The average molecular weight is 394 g/mol. The first-order valence-corrected chi connectivity index (χ1v) is 10.4. The molecule has 1 aliphatic heterocycles. The van der Waals surface area contributed by atoms with Crippen LogP contribution in [-0.2, 0) is 11.3 Å². The van der Waals surface area contributed by atoms with Gasteiger partial charge in [0.15, 0.2) is 0 Å². The lowest BCUT2D eigenvalue weighted by Crippen LogP contribution is -2.42. The normalized spacial score (nSPS) is 16.3. The summed E-state index contributed by atoms with van der Waals surface area (Å²) in [6.07, 6.45) is 3.37. The zero-order valence-corrected chi connectivity index (χ0v) is 17.4. The molecule has 1 aliphatic rings. The maximum atomic E-state index is 12.6. The molecule has 29 heavy (non-hydrogen) atoms. The summed E-state index contributed by atoms with van der Waals surface area (Å²) in [6, 6.07) is 16.0. The SMILES string of the molecule is Cc1ccc(NC(=O)N2CCC[C@@H](CCC(=O)NCc3cccc(C)c3)C2)cc1. The Morgan fingerprint density at radius 3 is 2.62 bits per heavy atom. The number of rotatable bonds is 6. The second-order valence-electron chi connectivity index (χ2n) is 8.05. The van der Waals surface area contributed by atoms with Crippen LogP contribution in [-0.4, -0.2) is 29.9 Å². The van der Waals surface area contributed by atoms with Crippen molar-refractivity contribution in [3.8, 4) is 0 Å². The minimum Gasteiger partial charge on any atom is -0.352 e. The zero-order chi connectivity index (χ0) is 20.6. The minimum absolute atomic E-state index is 0.0533. The van der Waals surface area contributed by atoms with Gasteiger partial charge >= 0.3 is 6.03 Å². The first kappa shape index (κ1) is 20.9. The fourth-order valence-electron chi connectivity index (χ4n) is 3.77. The highest BCUT2D eigenvalue weighted by atomic mass is 16.2. The van der Waals surface area contributed by atoms with Gasteiger partial charge in [-0.05, 0) is 56.7 Å². The molecule has 3 amide bonds. The highest BCUT2D eigenvalue weighted by Crippen LogP contribution is 2.22. The molecule has 2 aromatic rings. The molecule has 3 rings (SSSR count). The maximum Gasteiger partial charge on any atom is 0.321 e. The molecule has 0 radical (unpaired) electrons. The van der Waals surface area contributed by atoms with E-state index in [1.807, 2.05) is 48.2 Å². The van der Waals surface area contributed by atoms with Gasteiger partial charge in [-0.15, -0.1) is 0 Å². The van der Waals surface area contributed by atoms with Gasteiger partial charge in [0.2, 0.25) is 5.91 Å². The molecule has 5 nitrogen and oxygen atoms in total. The summed E-state index contributed by atoms with van der Waals surface area (Å²) in [4.78, 5) is 26.7. The molecule has 2 aromatic carbocycles. The number of amides is 3. The Labute approximate surface area is 173 Å². The number of nitrogens with one attached hydrogen (secondary N) is 2. The second-order valence-corrected chi connectivity index (χ2v) is 8.05. The quantitative estimate of drug-likeness (QED) is 0.751. The largest absolute Gasteiger partial charge is 0.352 e. The Hall–Kier alpha value is -2.82. The number of anilines is 1. The van der Waals surface area contributed by atoms with E-state index < -0.39 is 0 Å². The van der Waals surface area contributed by atoms with Gasteiger partial charge in [-0.25, -0.2) is 4.79 Å². The van der Waals surface area contributed by atoms with Gasteiger partial charge in [-0.3, -0.25) is 4.79 Å². The third-order valence-electron chi connectivity index (χ3n) is 5.46. The predicted molar refractivity (Wildman–Crippen MR) is 117 cm³/mol. The maximum absolute atomic E-state index is 12.6. The molecule has 1 saturated heterocycles. The molecule has 154 valence electrons. The van der Waals surface area contributed by atoms with E-state index in [1.54, 1.807) is 0 Å². The Bertz CT molecular complexity index is 832. The predicted octanol–water partition coefficient (Wildman–Crippen LogP) is 4.64. The first-order chi connectivity index (χ1) is 14.0. The molecule has 0 unspecified atom stereocenters. The number of hydrogen-bond acceptors (Lipinski definition) is 2. The van der Waals surface area contributed by atoms with Crippen LogP contribution in [0, 0.1) is 19.8 Å². The van der Waals surface area contributed by atoms with Crippen LogP contribution in [0.25, 0.3) is 0 Å². The highest BCUT2D eigenvalue weighted by Gasteiger charge is 2.24. The fraction of sp³-hybridized carbons (Fsp3) is 0.417. The number of nitrogens with zero attached hydrogens (tertiary/aromatic N) is 1. The number of likely N-dealkylation sites (tertiary alicyclic amines) is 1. The molecule has 1 atom stereocenters. The molecular weight excluding hydrogens is 362 g/mol. The van der Waals surface area contributed by atoms with Crippen LogP contribution in [0.3, 0.4) is 0 Å². The van der Waals surface area contributed by atoms with Crippen molar-refractivity contribution in [2.24, 2.45) is 5.92 Å². The van der Waals surface area contributed by atoms with Gasteiger partial charge in [0.1, 0.15) is 0 Å². The summed E-state index contributed by atoms with van der Waals surface area (Å²) < 4.78 is 0. The van der Waals surface area contributed by atoms with Gasteiger partial charge in [-0.2, -0.15) is 0 Å². The standard InChI is InChI=1S/C24H31N3O2/c1-18-8-11-22(12-9-18)26-24(29)27-14-4-7-20(17-27)10-13-23(28)25-16-21-6-3-5-19(2)15-21/h3,5-6,8-9,11-12,15,20H,4,7,10,13-14,16-17H2,1-2H3,(H,25,28)(H,26,29)/t20-/m0/s1. The summed E-state index contributed by atoms with van der Waals surface area (Å²) in [5, 5.41) is 5.98. The van der Waals surface area contributed by atoms with Gasteiger partial charge in [0.25, 0.3) is 0 Å². The monoisotopic (exact) mass is 393 g/mol. The van der Waals surface area contributed by atoms with Crippen LogP contribution >= 0.6 is 0 Å². The van der Waals surface area contributed by atoms with E-state index >= 15 is 0 Å². The fourth-order valence-corrected chi connectivity index (χ4v) is 3.77. The van der Waals surface area contributed by atoms with Crippen molar-refractivity contribution in [1.29, 1.82) is 0 Å². The van der Waals surface area contributed by atoms with Crippen LogP contribution in [0.5, 0.6) is 0 Å². The number of aryl methyl sites for hydroxylation is 2. The Balaban J connectivity index is 1.41. The lowest BCUT2D eigenvalue weighted by atomic mass is 9.93. The van der Waals surface area contributed by atoms with Crippen molar-refractivity contribution in [2.75, 3.05) is 18.4 Å². The van der Waals surface area contributed by atoms with Gasteiger partial charge in [0.05, 0.1) is 0 Å². The average Bonchev–Trinajstić information content (AvgIpc) is 2.72. The lowest BCUT2D eigenvalue weighted by molar-refractivity contribution is -0.121. The van der Waals surface area contributed by atoms with Crippen molar-refractivity contribution < 1.29 is 9.59 Å². The summed E-state index contributed by atoms with van der Waals surface area (Å²) in [6.45, 7) is 6.12. The molecule has 0 aliphatic carbocycles. The third-order valence-corrected chi connectivity index (χ3v) is 5.46. The van der Waals surface area contributed by atoms with Crippen LogP contribution in [0.4, 0.5) is 10.5 Å². The Morgan fingerprint density at radius 1 is 1.07 bits per heavy atom. The molecule has 0 spiro atoms. The Morgan fingerprint density at radius 2 is 1.86 bits per heavy atom. The summed E-state index contributed by atoms with van der Waals surface area (Å²) >= 11 is 0. The van der Waals surface area contributed by atoms with Crippen LogP contribution in [0.2, 0.25) is 0 Å². The van der Waals surface area contributed by atoms with E-state index in [4.69, 9.17) is 0 Å². The van der Waals surface area contributed by atoms with Crippen LogP contribution in [0.15, 0.2) is 48.5 Å². The van der Waals surface area contributed by atoms with E-state index in [2.05, 4.69) is 29.7 Å². The number of hydrogen-bond donors (Lipinski definition) is 2. The highest BCUT2D eigenvalue weighted by molar-refractivity contribution is 5.89. The summed E-state index contributed by atoms with van der Waals surface area (Å²) in [7, 11) is 0. The second kappa shape index (κ2) is 10.1. The minimum atomic E-state index is -0.0533. The van der Waals surface area contributed by atoms with Crippen molar-refractivity contribution in [3.05, 3.63) is 65.2 Å². The molecule has 2 N–H and O–H groups in total. The summed E-state index contributed by atoms with van der Waals surface area (Å²) in [5.74, 6) is 0.449. The first-order valence-electron chi connectivity index (χ1n) is 10.4. The van der Waals surface area contributed by atoms with Crippen molar-refractivity contribution >= 4 is 17.6 Å². The zero-order valence-electron chi connectivity index (χ0n) is 17.4. The van der Waals surface area contributed by atoms with E-state index in [0.29, 0.717) is 25.4 Å². The number of urea groups is 1. The van der Waals surface area contributed by atoms with E-state index in [9.17, 15) is 9.59 Å². The van der Waals surface area contributed by atoms with Crippen LogP contribution in [0.1, 0.15) is 42.4 Å². The third kappa shape index (κ3) is 6.63. The summed E-state index contributed by atoms with van der Waals surface area (Å²) in [5.41, 5.74) is 4.30. The van der Waals surface area contributed by atoms with Crippen LogP contribution < -0.4 is 10.6 Å². The molecule has 0 saturated carbocycles. The van der Waals surface area contributed by atoms with Crippen molar-refractivity contribution in [1.82, 2.24) is 10.2 Å². The molecule has 0 aromatic heterocycles. The number of carbonyl (C=O) groups excluding carboxylic acids is 2. The van der Waals surface area contributed by atoms with E-state index in [-0.39, 0.29) is 11.9 Å². The Kier molecular flexibility index (Phi) is 7.28. The number of benzene rings is 2. The molecule has 5 heteroatoms.